The number of hydrogen-bond donors (Lipinski definition) is 3. The Kier molecular flexibility index (Phi) is 10.5. The number of para-hydroxylation sites is 2. The van der Waals surface area contributed by atoms with Crippen LogP contribution in [0.25, 0.3) is 0 Å². The molecule has 0 radical (unpaired) electrons. The number of aromatic nitrogens is 2. The second-order valence-electron chi connectivity index (χ2n) is 12.7. The van der Waals surface area contributed by atoms with Gasteiger partial charge in [0, 0.05) is 57.1 Å². The van der Waals surface area contributed by atoms with Crippen molar-refractivity contribution < 1.29 is 22.7 Å². The van der Waals surface area contributed by atoms with Crippen molar-refractivity contribution in [3.05, 3.63) is 53.7 Å². The Morgan fingerprint density at radius 3 is 2.28 bits per heavy atom. The average molecular weight is 687 g/mol. The van der Waals surface area contributed by atoms with Crippen LogP contribution in [0.1, 0.15) is 33.6 Å². The van der Waals surface area contributed by atoms with Gasteiger partial charge in [-0.3, -0.25) is 9.62 Å². The van der Waals surface area contributed by atoms with E-state index in [1.54, 1.807) is 31.4 Å². The molecule has 2 aliphatic heterocycles. The van der Waals surface area contributed by atoms with Crippen molar-refractivity contribution in [2.45, 2.75) is 45.3 Å². The maximum atomic E-state index is 12.5. The highest BCUT2D eigenvalue weighted by Crippen LogP contribution is 2.34. The minimum Gasteiger partial charge on any atom is -0.494 e. The Morgan fingerprint density at radius 1 is 0.957 bits per heavy atom. The second kappa shape index (κ2) is 14.4. The Bertz CT molecular complexity index is 1670. The average Bonchev–Trinajstić information content (AvgIpc) is 3.02. The Balaban J connectivity index is 1.19. The molecule has 0 spiro atoms. The molecular formula is C32H43ClN8O5S. The fourth-order valence-corrected chi connectivity index (χ4v) is 6.42. The van der Waals surface area contributed by atoms with Gasteiger partial charge in [0.2, 0.25) is 16.0 Å². The molecule has 15 heteroatoms. The lowest BCUT2D eigenvalue weighted by Gasteiger charge is -2.43. The van der Waals surface area contributed by atoms with Crippen LogP contribution in [0.2, 0.25) is 5.02 Å². The fourth-order valence-electron chi connectivity index (χ4n) is 5.71. The number of nitrogens with zero attached hydrogens (tertiary/aromatic N) is 5. The Morgan fingerprint density at radius 2 is 1.64 bits per heavy atom. The quantitative estimate of drug-likeness (QED) is 0.262. The molecule has 3 aromatic rings. The lowest BCUT2D eigenvalue weighted by molar-refractivity contribution is 0.0140. The highest BCUT2D eigenvalue weighted by molar-refractivity contribution is 7.92. The molecule has 2 aromatic carbocycles. The summed E-state index contributed by atoms with van der Waals surface area (Å²) < 4.78 is 37.4. The molecule has 3 N–H and O–H groups in total. The summed E-state index contributed by atoms with van der Waals surface area (Å²) in [6.07, 6.45) is 4.22. The lowest BCUT2D eigenvalue weighted by atomic mass is 10.0. The molecule has 1 aromatic heterocycles. The standard InChI is InChI=1S/C32H43ClN8O5S/c1-32(2,3)46-31(42)41-14-12-22(13-15-41)39-16-18-40(19-17-39)23-10-11-27(28(20-23)45-4)36-30-34-21-24(33)29(37-30)35-25-8-6-7-9-26(25)38-47(5,43)44/h6-11,20-22,38H,12-19H2,1-5H3,(H2,34,35,36,37). The van der Waals surface area contributed by atoms with Gasteiger partial charge in [-0.25, -0.2) is 18.2 Å². The van der Waals surface area contributed by atoms with E-state index in [1.807, 2.05) is 43.9 Å². The van der Waals surface area contributed by atoms with Crippen LogP contribution in [-0.4, -0.2) is 98.6 Å². The number of amides is 1. The van der Waals surface area contributed by atoms with Crippen molar-refractivity contribution in [2.24, 2.45) is 0 Å². The topological polar surface area (TPSA) is 141 Å². The van der Waals surface area contributed by atoms with Gasteiger partial charge >= 0.3 is 6.09 Å². The predicted octanol–water partition coefficient (Wildman–Crippen LogP) is 5.52. The molecule has 1 amide bonds. The summed E-state index contributed by atoms with van der Waals surface area (Å²) >= 11 is 6.39. The highest BCUT2D eigenvalue weighted by Gasteiger charge is 2.31. The van der Waals surface area contributed by atoms with E-state index < -0.39 is 15.6 Å². The van der Waals surface area contributed by atoms with Crippen molar-refractivity contribution in [3.8, 4) is 5.75 Å². The minimum absolute atomic E-state index is 0.224. The number of benzene rings is 2. The third kappa shape index (κ3) is 9.30. The Hall–Kier alpha value is -4.01. The van der Waals surface area contributed by atoms with Gasteiger partial charge in [0.1, 0.15) is 16.4 Å². The third-order valence-corrected chi connectivity index (χ3v) is 8.83. The normalized spacial score (nSPS) is 16.5. The number of sulfonamides is 1. The number of methoxy groups -OCH3 is 1. The van der Waals surface area contributed by atoms with E-state index in [9.17, 15) is 13.2 Å². The van der Waals surface area contributed by atoms with E-state index in [2.05, 4.69) is 35.1 Å². The fraction of sp³-hybridized carbons (Fsp3) is 0.469. The second-order valence-corrected chi connectivity index (χ2v) is 14.8. The van der Waals surface area contributed by atoms with Crippen LogP contribution in [0, 0.1) is 0 Å². The van der Waals surface area contributed by atoms with E-state index in [4.69, 9.17) is 21.1 Å². The van der Waals surface area contributed by atoms with Crippen molar-refractivity contribution in [1.82, 2.24) is 19.8 Å². The maximum absolute atomic E-state index is 12.5. The lowest BCUT2D eigenvalue weighted by Crippen LogP contribution is -2.54. The highest BCUT2D eigenvalue weighted by atomic mass is 35.5. The first-order chi connectivity index (χ1) is 22.3. The van der Waals surface area contributed by atoms with Crippen LogP contribution < -0.4 is 25.0 Å². The minimum atomic E-state index is -3.49. The number of piperazine rings is 1. The summed E-state index contributed by atoms with van der Waals surface area (Å²) in [5.74, 6) is 1.22. The van der Waals surface area contributed by atoms with E-state index in [0.29, 0.717) is 47.8 Å². The van der Waals surface area contributed by atoms with Gasteiger partial charge in [-0.05, 0) is 57.9 Å². The Labute approximate surface area is 281 Å². The number of hydrogen-bond acceptors (Lipinski definition) is 11. The zero-order chi connectivity index (χ0) is 33.8. The van der Waals surface area contributed by atoms with Crippen molar-refractivity contribution in [3.63, 3.8) is 0 Å². The van der Waals surface area contributed by atoms with Crippen LogP contribution in [0.3, 0.4) is 0 Å². The molecule has 2 aliphatic rings. The number of carbonyl (C=O) groups excluding carboxylic acids is 1. The molecule has 13 nitrogen and oxygen atoms in total. The number of halogens is 1. The predicted molar refractivity (Wildman–Crippen MR) is 186 cm³/mol. The molecule has 254 valence electrons. The third-order valence-electron chi connectivity index (χ3n) is 7.96. The van der Waals surface area contributed by atoms with Crippen LogP contribution in [0.4, 0.5) is 39.3 Å². The number of nitrogens with one attached hydrogen (secondary N) is 3. The van der Waals surface area contributed by atoms with E-state index >= 15 is 0 Å². The monoisotopic (exact) mass is 686 g/mol. The molecule has 5 rings (SSSR count). The van der Waals surface area contributed by atoms with Crippen LogP contribution >= 0.6 is 11.6 Å². The number of rotatable bonds is 9. The number of likely N-dealkylation sites (tertiary alicyclic amines) is 1. The van der Waals surface area contributed by atoms with E-state index in [-0.39, 0.29) is 17.1 Å². The summed E-state index contributed by atoms with van der Waals surface area (Å²) in [7, 11) is -1.87. The van der Waals surface area contributed by atoms with Crippen LogP contribution in [0.5, 0.6) is 5.75 Å². The molecule has 47 heavy (non-hydrogen) atoms. The molecule has 0 aliphatic carbocycles. The summed E-state index contributed by atoms with van der Waals surface area (Å²) in [4.78, 5) is 28.0. The first-order valence-electron chi connectivity index (χ1n) is 15.6. The summed E-state index contributed by atoms with van der Waals surface area (Å²) in [5, 5.41) is 6.57. The summed E-state index contributed by atoms with van der Waals surface area (Å²) in [5.41, 5.74) is 2.10. The number of ether oxygens (including phenoxy) is 2. The van der Waals surface area contributed by atoms with Crippen molar-refractivity contribution in [2.75, 3.05) is 72.9 Å². The van der Waals surface area contributed by atoms with E-state index in [0.717, 1.165) is 51.0 Å². The first kappa shape index (κ1) is 34.3. The van der Waals surface area contributed by atoms with Crippen LogP contribution in [0.15, 0.2) is 48.7 Å². The van der Waals surface area contributed by atoms with E-state index in [1.165, 1.54) is 6.20 Å². The van der Waals surface area contributed by atoms with Gasteiger partial charge in [-0.1, -0.05) is 23.7 Å². The zero-order valence-corrected chi connectivity index (χ0v) is 29.0. The largest absolute Gasteiger partial charge is 0.494 e. The van der Waals surface area contributed by atoms with Gasteiger partial charge in [-0.15, -0.1) is 0 Å². The van der Waals surface area contributed by atoms with Crippen molar-refractivity contribution in [1.29, 1.82) is 0 Å². The van der Waals surface area contributed by atoms with Crippen molar-refractivity contribution >= 4 is 62.2 Å². The van der Waals surface area contributed by atoms with Gasteiger partial charge in [0.15, 0.2) is 5.82 Å². The van der Waals surface area contributed by atoms with Gasteiger partial charge in [0.05, 0.1) is 36.6 Å². The summed E-state index contributed by atoms with van der Waals surface area (Å²) in [6.45, 7) is 10.8. The number of carbonyl (C=O) groups is 1. The molecular weight excluding hydrogens is 644 g/mol. The molecule has 2 fully saturated rings. The molecule has 0 saturated carbocycles. The molecule has 0 bridgehead atoms. The molecule has 2 saturated heterocycles. The zero-order valence-electron chi connectivity index (χ0n) is 27.4. The van der Waals surface area contributed by atoms with Gasteiger partial charge in [-0.2, -0.15) is 4.98 Å². The number of anilines is 6. The smallest absolute Gasteiger partial charge is 0.410 e. The summed E-state index contributed by atoms with van der Waals surface area (Å²) in [6, 6.07) is 13.3. The molecule has 3 heterocycles. The molecule has 0 atom stereocenters. The SMILES string of the molecule is COc1cc(N2CCN(C3CCN(C(=O)OC(C)(C)C)CC3)CC2)ccc1Nc1ncc(Cl)c(Nc2ccccc2NS(C)(=O)=O)n1. The number of piperidine rings is 1. The molecule has 0 unspecified atom stereocenters. The van der Waals surface area contributed by atoms with Gasteiger partial charge in [0.25, 0.3) is 0 Å². The van der Waals surface area contributed by atoms with Crippen LogP contribution in [-0.2, 0) is 14.8 Å². The first-order valence-corrected chi connectivity index (χ1v) is 17.8. The maximum Gasteiger partial charge on any atom is 0.410 e. The van der Waals surface area contributed by atoms with Gasteiger partial charge < -0.3 is 29.9 Å².